The van der Waals surface area contributed by atoms with Crippen LogP contribution in [0.1, 0.15) is 25.5 Å². The van der Waals surface area contributed by atoms with Gasteiger partial charge in [0, 0.05) is 6.54 Å². The molecule has 1 aromatic rings. The molecule has 0 saturated heterocycles. The van der Waals surface area contributed by atoms with E-state index < -0.39 is 0 Å². The normalized spacial score (nSPS) is 23.6. The Kier molecular flexibility index (Phi) is 1.96. The van der Waals surface area contributed by atoms with Crippen molar-refractivity contribution < 1.29 is 4.79 Å². The fraction of sp³-hybridized carbons (Fsp3) is 0.636. The van der Waals surface area contributed by atoms with Gasteiger partial charge in [-0.1, -0.05) is 0 Å². The van der Waals surface area contributed by atoms with Gasteiger partial charge in [-0.3, -0.25) is 4.79 Å². The third-order valence-electron chi connectivity index (χ3n) is 3.34. The number of carbonyl (C=O) groups excluding carboxylic acids is 1. The zero-order chi connectivity index (χ0) is 11.3. The van der Waals surface area contributed by atoms with Gasteiger partial charge in [0.25, 0.3) is 0 Å². The van der Waals surface area contributed by atoms with Crippen molar-refractivity contribution in [3.8, 4) is 0 Å². The van der Waals surface area contributed by atoms with E-state index in [-0.39, 0.29) is 11.9 Å². The Morgan fingerprint density at radius 1 is 1.50 bits per heavy atom. The summed E-state index contributed by atoms with van der Waals surface area (Å²) in [5, 5.41) is 10.7. The van der Waals surface area contributed by atoms with Gasteiger partial charge in [-0.05, 0) is 32.6 Å². The summed E-state index contributed by atoms with van der Waals surface area (Å²) in [5.41, 5.74) is 1.73. The van der Waals surface area contributed by atoms with Crippen LogP contribution >= 0.6 is 0 Å². The minimum atomic E-state index is -0.0612. The second-order valence-corrected chi connectivity index (χ2v) is 4.57. The van der Waals surface area contributed by atoms with Crippen LogP contribution in [0.5, 0.6) is 0 Å². The molecule has 0 aromatic carbocycles. The summed E-state index contributed by atoms with van der Waals surface area (Å²) < 4.78 is 1.92. The number of aryl methyl sites for hydroxylation is 2. The first-order chi connectivity index (χ1) is 7.70. The average Bonchev–Trinajstić information content (AvgIpc) is 3.05. The number of carbonyl (C=O) groups is 1. The van der Waals surface area contributed by atoms with Crippen molar-refractivity contribution >= 4 is 17.4 Å². The third-order valence-corrected chi connectivity index (χ3v) is 3.34. The SMILES string of the molecule is CCn1nc(C)c2c1NC(C1CC1)C(=O)N2. The van der Waals surface area contributed by atoms with Gasteiger partial charge in [0.05, 0.1) is 5.69 Å². The molecule has 0 radical (unpaired) electrons. The quantitative estimate of drug-likeness (QED) is 0.791. The Hall–Kier alpha value is -1.52. The van der Waals surface area contributed by atoms with Crippen molar-refractivity contribution in [1.29, 1.82) is 0 Å². The number of fused-ring (bicyclic) bond motifs is 1. The zero-order valence-corrected chi connectivity index (χ0v) is 9.58. The lowest BCUT2D eigenvalue weighted by Crippen LogP contribution is -2.41. The number of rotatable bonds is 2. The smallest absolute Gasteiger partial charge is 0.247 e. The molecule has 1 amide bonds. The maximum absolute atomic E-state index is 11.9. The van der Waals surface area contributed by atoms with Crippen molar-refractivity contribution in [3.63, 3.8) is 0 Å². The molecule has 1 aliphatic carbocycles. The molecule has 16 heavy (non-hydrogen) atoms. The number of hydrogen-bond acceptors (Lipinski definition) is 3. The van der Waals surface area contributed by atoms with Gasteiger partial charge < -0.3 is 10.6 Å². The van der Waals surface area contributed by atoms with Crippen LogP contribution in [0.25, 0.3) is 0 Å². The van der Waals surface area contributed by atoms with Crippen LogP contribution in [0.2, 0.25) is 0 Å². The van der Waals surface area contributed by atoms with E-state index in [1.54, 1.807) is 0 Å². The number of nitrogens with zero attached hydrogens (tertiary/aromatic N) is 2. The van der Waals surface area contributed by atoms with E-state index in [2.05, 4.69) is 22.7 Å². The predicted octanol–water partition coefficient (Wildman–Crippen LogP) is 1.35. The molecule has 1 aliphatic heterocycles. The first kappa shape index (κ1) is 9.69. The number of anilines is 2. The maximum atomic E-state index is 11.9. The van der Waals surface area contributed by atoms with Gasteiger partial charge in [-0.15, -0.1) is 0 Å². The second-order valence-electron chi connectivity index (χ2n) is 4.57. The number of aromatic nitrogens is 2. The molecule has 0 bridgehead atoms. The summed E-state index contributed by atoms with van der Waals surface area (Å²) in [4.78, 5) is 11.9. The molecule has 3 rings (SSSR count). The van der Waals surface area contributed by atoms with Crippen LogP contribution in [-0.4, -0.2) is 21.7 Å². The highest BCUT2D eigenvalue weighted by Gasteiger charge is 2.40. The minimum Gasteiger partial charge on any atom is -0.357 e. The van der Waals surface area contributed by atoms with E-state index in [1.807, 2.05) is 11.6 Å². The van der Waals surface area contributed by atoms with Crippen LogP contribution in [-0.2, 0) is 11.3 Å². The third kappa shape index (κ3) is 1.31. The molecular weight excluding hydrogens is 204 g/mol. The fourth-order valence-electron chi connectivity index (χ4n) is 2.28. The summed E-state index contributed by atoms with van der Waals surface area (Å²) >= 11 is 0. The number of nitrogens with one attached hydrogen (secondary N) is 2. The Balaban J connectivity index is 1.99. The molecule has 2 aliphatic rings. The summed E-state index contributed by atoms with van der Waals surface area (Å²) in [6, 6.07) is -0.0612. The molecule has 1 aromatic heterocycles. The summed E-state index contributed by atoms with van der Waals surface area (Å²) in [6.45, 7) is 4.79. The fourth-order valence-corrected chi connectivity index (χ4v) is 2.28. The molecule has 2 N–H and O–H groups in total. The highest BCUT2D eigenvalue weighted by atomic mass is 16.2. The van der Waals surface area contributed by atoms with E-state index >= 15 is 0 Å². The summed E-state index contributed by atoms with van der Waals surface area (Å²) in [6.07, 6.45) is 2.30. The van der Waals surface area contributed by atoms with E-state index in [9.17, 15) is 4.79 Å². The highest BCUT2D eigenvalue weighted by molar-refractivity contribution is 6.03. The Morgan fingerprint density at radius 2 is 2.25 bits per heavy atom. The predicted molar refractivity (Wildman–Crippen MR) is 61.4 cm³/mol. The Labute approximate surface area is 94.2 Å². The van der Waals surface area contributed by atoms with Crippen molar-refractivity contribution in [1.82, 2.24) is 9.78 Å². The van der Waals surface area contributed by atoms with E-state index in [1.165, 1.54) is 0 Å². The van der Waals surface area contributed by atoms with Crippen molar-refractivity contribution in [3.05, 3.63) is 5.69 Å². The standard InChI is InChI=1S/C11H16N4O/c1-3-15-10-8(6(2)14-15)13-11(16)9(12-10)7-4-5-7/h7,9,12H,3-5H2,1-2H3,(H,13,16). The zero-order valence-electron chi connectivity index (χ0n) is 9.58. The molecule has 5 heteroatoms. The lowest BCUT2D eigenvalue weighted by molar-refractivity contribution is -0.117. The Morgan fingerprint density at radius 3 is 2.88 bits per heavy atom. The van der Waals surface area contributed by atoms with Crippen molar-refractivity contribution in [2.24, 2.45) is 5.92 Å². The molecule has 0 spiro atoms. The molecule has 1 atom stereocenters. The maximum Gasteiger partial charge on any atom is 0.247 e. The van der Waals surface area contributed by atoms with Crippen molar-refractivity contribution in [2.75, 3.05) is 10.6 Å². The van der Waals surface area contributed by atoms with Gasteiger partial charge in [0.15, 0.2) is 0 Å². The molecule has 1 saturated carbocycles. The first-order valence-electron chi connectivity index (χ1n) is 5.85. The average molecular weight is 220 g/mol. The van der Waals surface area contributed by atoms with Crippen LogP contribution in [0, 0.1) is 12.8 Å². The van der Waals surface area contributed by atoms with Crippen LogP contribution in [0.4, 0.5) is 11.5 Å². The van der Waals surface area contributed by atoms with Crippen molar-refractivity contribution in [2.45, 2.75) is 39.3 Å². The molecule has 2 heterocycles. The van der Waals surface area contributed by atoms with Gasteiger partial charge in [-0.2, -0.15) is 5.10 Å². The number of amides is 1. The van der Waals surface area contributed by atoms with Gasteiger partial charge >= 0.3 is 0 Å². The molecule has 1 fully saturated rings. The molecule has 5 nitrogen and oxygen atoms in total. The second kappa shape index (κ2) is 3.23. The van der Waals surface area contributed by atoms with Gasteiger partial charge in [-0.25, -0.2) is 4.68 Å². The largest absolute Gasteiger partial charge is 0.357 e. The summed E-state index contributed by atoms with van der Waals surface area (Å²) in [5.74, 6) is 1.57. The molecule has 86 valence electrons. The van der Waals surface area contributed by atoms with Crippen LogP contribution < -0.4 is 10.6 Å². The number of hydrogen-bond donors (Lipinski definition) is 2. The topological polar surface area (TPSA) is 59.0 Å². The van der Waals surface area contributed by atoms with E-state index in [0.717, 1.165) is 36.6 Å². The minimum absolute atomic E-state index is 0.0612. The first-order valence-corrected chi connectivity index (χ1v) is 5.85. The monoisotopic (exact) mass is 220 g/mol. The van der Waals surface area contributed by atoms with Crippen LogP contribution in [0.3, 0.4) is 0 Å². The lowest BCUT2D eigenvalue weighted by Gasteiger charge is -2.25. The van der Waals surface area contributed by atoms with E-state index in [0.29, 0.717) is 5.92 Å². The molecular formula is C11H16N4O. The molecule has 1 unspecified atom stereocenters. The van der Waals surface area contributed by atoms with Gasteiger partial charge in [0.1, 0.15) is 17.5 Å². The van der Waals surface area contributed by atoms with Crippen LogP contribution in [0.15, 0.2) is 0 Å². The Bertz CT molecular complexity index is 447. The lowest BCUT2D eigenvalue weighted by atomic mass is 10.1. The van der Waals surface area contributed by atoms with Gasteiger partial charge in [0.2, 0.25) is 5.91 Å². The highest BCUT2D eigenvalue weighted by Crippen LogP contribution is 2.39. The van der Waals surface area contributed by atoms with E-state index in [4.69, 9.17) is 0 Å². The summed E-state index contributed by atoms with van der Waals surface area (Å²) in [7, 11) is 0.